The molecule has 0 radical (unpaired) electrons. The van der Waals surface area contributed by atoms with Gasteiger partial charge in [-0.25, -0.2) is 4.79 Å². The highest BCUT2D eigenvalue weighted by Crippen LogP contribution is 2.20. The van der Waals surface area contributed by atoms with Gasteiger partial charge in [-0.3, -0.25) is 0 Å². The SMILES string of the molecule is COC(=O)C(C)(N)COC1CCCCCC1. The quantitative estimate of drug-likeness (QED) is 0.587. The van der Waals surface area contributed by atoms with Crippen LogP contribution >= 0.6 is 0 Å². The molecule has 1 fully saturated rings. The van der Waals surface area contributed by atoms with Crippen LogP contribution in [0.4, 0.5) is 0 Å². The van der Waals surface area contributed by atoms with Gasteiger partial charge in [0.2, 0.25) is 0 Å². The summed E-state index contributed by atoms with van der Waals surface area (Å²) in [6.07, 6.45) is 7.42. The van der Waals surface area contributed by atoms with Crippen molar-refractivity contribution < 1.29 is 14.3 Å². The summed E-state index contributed by atoms with van der Waals surface area (Å²) in [6, 6.07) is 0. The number of esters is 1. The van der Waals surface area contributed by atoms with Gasteiger partial charge >= 0.3 is 5.97 Å². The zero-order valence-electron chi connectivity index (χ0n) is 10.3. The molecule has 1 unspecified atom stereocenters. The van der Waals surface area contributed by atoms with E-state index in [1.165, 1.54) is 32.8 Å². The molecule has 1 aliphatic carbocycles. The van der Waals surface area contributed by atoms with Gasteiger partial charge in [0.05, 0.1) is 19.8 Å². The molecule has 0 bridgehead atoms. The van der Waals surface area contributed by atoms with Crippen LogP contribution in [-0.2, 0) is 14.3 Å². The fourth-order valence-corrected chi connectivity index (χ4v) is 1.99. The van der Waals surface area contributed by atoms with E-state index in [4.69, 9.17) is 10.5 Å². The lowest BCUT2D eigenvalue weighted by Gasteiger charge is -2.24. The van der Waals surface area contributed by atoms with E-state index in [0.717, 1.165) is 12.8 Å². The molecule has 1 saturated carbocycles. The molecule has 0 aromatic heterocycles. The second-order valence-electron chi connectivity index (χ2n) is 4.83. The van der Waals surface area contributed by atoms with E-state index >= 15 is 0 Å². The van der Waals surface area contributed by atoms with Crippen molar-refractivity contribution in [3.8, 4) is 0 Å². The fraction of sp³-hybridized carbons (Fsp3) is 0.917. The van der Waals surface area contributed by atoms with E-state index in [9.17, 15) is 4.79 Å². The Kier molecular flexibility index (Phi) is 5.22. The molecule has 0 heterocycles. The number of ether oxygens (including phenoxy) is 2. The first-order chi connectivity index (χ1) is 7.56. The molecule has 94 valence electrons. The number of hydrogen-bond donors (Lipinski definition) is 1. The van der Waals surface area contributed by atoms with Crippen LogP contribution in [0.2, 0.25) is 0 Å². The average Bonchev–Trinajstić information content (AvgIpc) is 2.53. The largest absolute Gasteiger partial charge is 0.468 e. The van der Waals surface area contributed by atoms with Crippen LogP contribution in [0.25, 0.3) is 0 Å². The van der Waals surface area contributed by atoms with Gasteiger partial charge in [0.1, 0.15) is 5.54 Å². The van der Waals surface area contributed by atoms with Crippen molar-refractivity contribution in [1.82, 2.24) is 0 Å². The van der Waals surface area contributed by atoms with E-state index in [2.05, 4.69) is 4.74 Å². The minimum atomic E-state index is -1.03. The van der Waals surface area contributed by atoms with Gasteiger partial charge in [-0.1, -0.05) is 25.7 Å². The molecule has 4 nitrogen and oxygen atoms in total. The minimum Gasteiger partial charge on any atom is -0.468 e. The lowest BCUT2D eigenvalue weighted by Crippen LogP contribution is -2.50. The monoisotopic (exact) mass is 229 g/mol. The van der Waals surface area contributed by atoms with Gasteiger partial charge in [0.15, 0.2) is 0 Å². The van der Waals surface area contributed by atoms with Crippen molar-refractivity contribution >= 4 is 5.97 Å². The van der Waals surface area contributed by atoms with Crippen LogP contribution in [0.15, 0.2) is 0 Å². The Hall–Kier alpha value is -0.610. The van der Waals surface area contributed by atoms with Crippen molar-refractivity contribution in [2.24, 2.45) is 5.73 Å². The normalized spacial score (nSPS) is 22.2. The van der Waals surface area contributed by atoms with Crippen molar-refractivity contribution in [2.75, 3.05) is 13.7 Å². The first-order valence-electron chi connectivity index (χ1n) is 6.05. The van der Waals surface area contributed by atoms with Gasteiger partial charge in [-0.05, 0) is 19.8 Å². The number of carbonyl (C=O) groups excluding carboxylic acids is 1. The predicted octanol–water partition coefficient (Wildman–Crippen LogP) is 1.62. The maximum Gasteiger partial charge on any atom is 0.327 e. The van der Waals surface area contributed by atoms with Crippen LogP contribution in [0.1, 0.15) is 45.4 Å². The maximum atomic E-state index is 11.3. The predicted molar refractivity (Wildman–Crippen MR) is 62.1 cm³/mol. The Labute approximate surface area is 97.5 Å². The van der Waals surface area contributed by atoms with Crippen LogP contribution in [0.3, 0.4) is 0 Å². The summed E-state index contributed by atoms with van der Waals surface area (Å²) in [5.74, 6) is -0.416. The molecule has 1 rings (SSSR count). The van der Waals surface area contributed by atoms with Crippen molar-refractivity contribution in [3.63, 3.8) is 0 Å². The van der Waals surface area contributed by atoms with E-state index < -0.39 is 11.5 Å². The molecule has 4 heteroatoms. The zero-order chi connectivity index (χ0) is 12.0. The Balaban J connectivity index is 2.34. The van der Waals surface area contributed by atoms with Crippen LogP contribution < -0.4 is 5.73 Å². The average molecular weight is 229 g/mol. The summed E-state index contributed by atoms with van der Waals surface area (Å²) < 4.78 is 10.4. The maximum absolute atomic E-state index is 11.3. The van der Waals surface area contributed by atoms with E-state index in [1.807, 2.05) is 0 Å². The van der Waals surface area contributed by atoms with E-state index in [0.29, 0.717) is 0 Å². The Morgan fingerprint density at radius 3 is 2.38 bits per heavy atom. The standard InChI is InChI=1S/C12H23NO3/c1-12(13,11(14)15-2)9-16-10-7-5-3-4-6-8-10/h10H,3-9,13H2,1-2H3. The summed E-state index contributed by atoms with van der Waals surface area (Å²) in [6.45, 7) is 1.89. The lowest BCUT2D eigenvalue weighted by molar-refractivity contribution is -0.149. The number of rotatable bonds is 4. The van der Waals surface area contributed by atoms with Gasteiger partial charge in [-0.15, -0.1) is 0 Å². The first kappa shape index (κ1) is 13.5. The van der Waals surface area contributed by atoms with Gasteiger partial charge in [0.25, 0.3) is 0 Å². The van der Waals surface area contributed by atoms with E-state index in [1.54, 1.807) is 6.92 Å². The third kappa shape index (κ3) is 4.10. The molecule has 0 aromatic carbocycles. The highest BCUT2D eigenvalue weighted by atomic mass is 16.5. The highest BCUT2D eigenvalue weighted by molar-refractivity contribution is 5.80. The molecule has 0 aliphatic heterocycles. The van der Waals surface area contributed by atoms with Crippen molar-refractivity contribution in [2.45, 2.75) is 57.1 Å². The molecule has 0 amide bonds. The molecular formula is C12H23NO3. The smallest absolute Gasteiger partial charge is 0.327 e. The molecule has 2 N–H and O–H groups in total. The summed E-state index contributed by atoms with van der Waals surface area (Å²) in [4.78, 5) is 11.3. The van der Waals surface area contributed by atoms with Crippen LogP contribution in [0, 0.1) is 0 Å². The Morgan fingerprint density at radius 2 is 1.88 bits per heavy atom. The molecule has 0 spiro atoms. The van der Waals surface area contributed by atoms with Gasteiger partial charge in [-0.2, -0.15) is 0 Å². The highest BCUT2D eigenvalue weighted by Gasteiger charge is 2.31. The molecule has 1 aliphatic rings. The summed E-state index contributed by atoms with van der Waals surface area (Å²) in [5, 5.41) is 0. The number of hydrogen-bond acceptors (Lipinski definition) is 4. The summed E-state index contributed by atoms with van der Waals surface area (Å²) >= 11 is 0. The topological polar surface area (TPSA) is 61.5 Å². The summed E-state index contributed by atoms with van der Waals surface area (Å²) in [7, 11) is 1.35. The Morgan fingerprint density at radius 1 is 1.31 bits per heavy atom. The third-order valence-corrected chi connectivity index (χ3v) is 3.07. The Bertz CT molecular complexity index is 220. The number of nitrogens with two attached hydrogens (primary N) is 1. The van der Waals surface area contributed by atoms with Crippen molar-refractivity contribution in [1.29, 1.82) is 0 Å². The molecular weight excluding hydrogens is 206 g/mol. The first-order valence-corrected chi connectivity index (χ1v) is 6.05. The number of methoxy groups -OCH3 is 1. The van der Waals surface area contributed by atoms with Crippen LogP contribution in [0.5, 0.6) is 0 Å². The summed E-state index contributed by atoms with van der Waals surface area (Å²) in [5.41, 5.74) is 4.80. The van der Waals surface area contributed by atoms with Gasteiger partial charge < -0.3 is 15.2 Å². The second-order valence-corrected chi connectivity index (χ2v) is 4.83. The minimum absolute atomic E-state index is 0.240. The van der Waals surface area contributed by atoms with Gasteiger partial charge in [0, 0.05) is 0 Å². The van der Waals surface area contributed by atoms with E-state index in [-0.39, 0.29) is 12.7 Å². The lowest BCUT2D eigenvalue weighted by atomic mass is 10.1. The second kappa shape index (κ2) is 6.21. The molecule has 0 aromatic rings. The molecule has 1 atom stereocenters. The number of carbonyl (C=O) groups is 1. The zero-order valence-corrected chi connectivity index (χ0v) is 10.3. The molecule has 0 saturated heterocycles. The van der Waals surface area contributed by atoms with Crippen molar-refractivity contribution in [3.05, 3.63) is 0 Å². The third-order valence-electron chi connectivity index (χ3n) is 3.07. The molecule has 16 heavy (non-hydrogen) atoms. The fourth-order valence-electron chi connectivity index (χ4n) is 1.99. The van der Waals surface area contributed by atoms with Crippen LogP contribution in [-0.4, -0.2) is 31.3 Å².